The van der Waals surface area contributed by atoms with E-state index in [1.54, 1.807) is 0 Å². The second kappa shape index (κ2) is 10.3. The molecule has 0 fully saturated rings. The molecule has 2 heteroatoms. The highest BCUT2D eigenvalue weighted by Gasteiger charge is 2.15. The maximum absolute atomic E-state index is 2.35. The van der Waals surface area contributed by atoms with Gasteiger partial charge in [0.2, 0.25) is 0 Å². The summed E-state index contributed by atoms with van der Waals surface area (Å²) in [7, 11) is 2.19. The number of para-hydroxylation sites is 3. The summed E-state index contributed by atoms with van der Waals surface area (Å²) in [5.74, 6) is 0. The summed E-state index contributed by atoms with van der Waals surface area (Å²) in [6.45, 7) is 0. The molecule has 43 heavy (non-hydrogen) atoms. The first kappa shape index (κ1) is 25.1. The normalized spacial score (nSPS) is 11.4. The average molecular weight is 551 g/mol. The smallest absolute Gasteiger partial charge is 0.0568 e. The molecule has 0 spiro atoms. The summed E-state index contributed by atoms with van der Waals surface area (Å²) in [4.78, 5) is 2.29. The van der Waals surface area contributed by atoms with E-state index in [2.05, 4.69) is 180 Å². The fourth-order valence-corrected chi connectivity index (χ4v) is 6.44. The fourth-order valence-electron chi connectivity index (χ4n) is 6.44. The number of benzene rings is 7. The van der Waals surface area contributed by atoms with Crippen molar-refractivity contribution in [3.8, 4) is 22.3 Å². The predicted octanol–water partition coefficient (Wildman–Crippen LogP) is 11.3. The standard InChI is InChI=1S/C41H30N2/c1-42-40-28-33-12-9-8-11-32(33)27-39(40)38-18-10-17-37(41(38)42)31-21-19-29(20-22-31)30-23-25-36(26-24-30)43(34-13-4-2-5-14-34)35-15-6-3-7-16-35/h2-28H,1H3. The van der Waals surface area contributed by atoms with Crippen LogP contribution in [-0.4, -0.2) is 4.57 Å². The Morgan fingerprint density at radius 2 is 0.930 bits per heavy atom. The monoisotopic (exact) mass is 550 g/mol. The van der Waals surface area contributed by atoms with E-state index >= 15 is 0 Å². The van der Waals surface area contributed by atoms with Crippen molar-refractivity contribution in [2.75, 3.05) is 4.90 Å². The van der Waals surface area contributed by atoms with E-state index in [1.165, 1.54) is 54.8 Å². The minimum absolute atomic E-state index is 1.13. The van der Waals surface area contributed by atoms with Gasteiger partial charge in [0.15, 0.2) is 0 Å². The molecule has 7 aromatic carbocycles. The molecule has 1 aromatic heterocycles. The Morgan fingerprint density at radius 3 is 1.56 bits per heavy atom. The molecule has 0 N–H and O–H groups in total. The van der Waals surface area contributed by atoms with Gasteiger partial charge in [-0.3, -0.25) is 0 Å². The molecule has 0 bridgehead atoms. The topological polar surface area (TPSA) is 8.17 Å². The summed E-state index contributed by atoms with van der Waals surface area (Å²) in [6, 6.07) is 58.9. The summed E-state index contributed by atoms with van der Waals surface area (Å²) < 4.78 is 2.35. The zero-order valence-electron chi connectivity index (χ0n) is 24.0. The Balaban J connectivity index is 1.15. The van der Waals surface area contributed by atoms with E-state index in [4.69, 9.17) is 0 Å². The van der Waals surface area contributed by atoms with Gasteiger partial charge in [0.1, 0.15) is 0 Å². The van der Waals surface area contributed by atoms with E-state index < -0.39 is 0 Å². The van der Waals surface area contributed by atoms with Gasteiger partial charge in [0, 0.05) is 46.0 Å². The Bertz CT molecular complexity index is 2170. The maximum atomic E-state index is 2.35. The van der Waals surface area contributed by atoms with Crippen LogP contribution in [0.2, 0.25) is 0 Å². The molecule has 1 heterocycles. The van der Waals surface area contributed by atoms with Crippen LogP contribution in [0.1, 0.15) is 0 Å². The molecular weight excluding hydrogens is 520 g/mol. The number of hydrogen-bond acceptors (Lipinski definition) is 1. The van der Waals surface area contributed by atoms with Gasteiger partial charge in [0.05, 0.1) is 5.52 Å². The third kappa shape index (κ3) is 4.36. The number of anilines is 3. The van der Waals surface area contributed by atoms with Gasteiger partial charge in [-0.1, -0.05) is 115 Å². The van der Waals surface area contributed by atoms with Gasteiger partial charge in [-0.05, 0) is 76.0 Å². The van der Waals surface area contributed by atoms with Crippen LogP contribution in [0.25, 0.3) is 54.8 Å². The molecule has 0 aliphatic heterocycles. The van der Waals surface area contributed by atoms with Gasteiger partial charge in [0.25, 0.3) is 0 Å². The van der Waals surface area contributed by atoms with Crippen LogP contribution in [0.15, 0.2) is 164 Å². The molecule has 8 aromatic rings. The Hall–Kier alpha value is -5.60. The second-order valence-corrected chi connectivity index (χ2v) is 11.1. The van der Waals surface area contributed by atoms with Crippen LogP contribution in [0, 0.1) is 0 Å². The summed E-state index contributed by atoms with van der Waals surface area (Å²) in [5.41, 5.74) is 10.8. The van der Waals surface area contributed by atoms with Crippen molar-refractivity contribution in [3.05, 3.63) is 164 Å². The Morgan fingerprint density at radius 1 is 0.419 bits per heavy atom. The lowest BCUT2D eigenvalue weighted by molar-refractivity contribution is 1.02. The minimum atomic E-state index is 1.13. The van der Waals surface area contributed by atoms with Crippen LogP contribution in [-0.2, 0) is 7.05 Å². The SMILES string of the molecule is Cn1c2cc3ccccc3cc2c2cccc(-c3ccc(-c4ccc(N(c5ccccc5)c5ccccc5)cc4)cc3)c21. The van der Waals surface area contributed by atoms with Gasteiger partial charge in [-0.25, -0.2) is 0 Å². The van der Waals surface area contributed by atoms with Crippen LogP contribution in [0.4, 0.5) is 17.1 Å². The van der Waals surface area contributed by atoms with Gasteiger partial charge < -0.3 is 9.47 Å². The highest BCUT2D eigenvalue weighted by Crippen LogP contribution is 2.38. The lowest BCUT2D eigenvalue weighted by atomic mass is 9.98. The molecule has 2 nitrogen and oxygen atoms in total. The summed E-state index contributed by atoms with van der Waals surface area (Å²) >= 11 is 0. The van der Waals surface area contributed by atoms with E-state index in [0.717, 1.165) is 17.1 Å². The van der Waals surface area contributed by atoms with Gasteiger partial charge in [-0.2, -0.15) is 0 Å². The number of aromatic nitrogens is 1. The largest absolute Gasteiger partial charge is 0.343 e. The van der Waals surface area contributed by atoms with Gasteiger partial charge in [-0.15, -0.1) is 0 Å². The number of hydrogen-bond donors (Lipinski definition) is 0. The molecule has 0 radical (unpaired) electrons. The molecule has 0 aliphatic rings. The average Bonchev–Trinajstić information content (AvgIpc) is 3.36. The molecule has 204 valence electrons. The first-order chi connectivity index (χ1) is 21.2. The number of aryl methyl sites for hydroxylation is 1. The Kier molecular flexibility index (Phi) is 6.05. The van der Waals surface area contributed by atoms with Crippen molar-refractivity contribution in [3.63, 3.8) is 0 Å². The van der Waals surface area contributed by atoms with Crippen molar-refractivity contribution in [1.82, 2.24) is 4.57 Å². The van der Waals surface area contributed by atoms with Crippen molar-refractivity contribution in [2.24, 2.45) is 7.05 Å². The summed E-state index contributed by atoms with van der Waals surface area (Å²) in [6.07, 6.45) is 0. The highest BCUT2D eigenvalue weighted by molar-refractivity contribution is 6.15. The highest BCUT2D eigenvalue weighted by atomic mass is 15.1. The summed E-state index contributed by atoms with van der Waals surface area (Å²) in [5, 5.41) is 5.14. The lowest BCUT2D eigenvalue weighted by Gasteiger charge is -2.25. The number of rotatable bonds is 5. The molecule has 0 saturated carbocycles. The number of fused-ring (bicyclic) bond motifs is 4. The third-order valence-electron chi connectivity index (χ3n) is 8.57. The molecule has 0 aliphatic carbocycles. The van der Waals surface area contributed by atoms with E-state index in [1.807, 2.05) is 0 Å². The zero-order chi connectivity index (χ0) is 28.8. The Labute approximate surface area is 251 Å². The van der Waals surface area contributed by atoms with Crippen molar-refractivity contribution in [1.29, 1.82) is 0 Å². The quantitative estimate of drug-likeness (QED) is 0.207. The van der Waals surface area contributed by atoms with E-state index in [-0.39, 0.29) is 0 Å². The third-order valence-corrected chi connectivity index (χ3v) is 8.57. The van der Waals surface area contributed by atoms with Crippen LogP contribution >= 0.6 is 0 Å². The van der Waals surface area contributed by atoms with E-state index in [9.17, 15) is 0 Å². The second-order valence-electron chi connectivity index (χ2n) is 11.1. The first-order valence-corrected chi connectivity index (χ1v) is 14.8. The molecule has 0 unspecified atom stereocenters. The van der Waals surface area contributed by atoms with Gasteiger partial charge >= 0.3 is 0 Å². The molecule has 0 atom stereocenters. The molecule has 8 rings (SSSR count). The van der Waals surface area contributed by atoms with Crippen molar-refractivity contribution < 1.29 is 0 Å². The van der Waals surface area contributed by atoms with Crippen LogP contribution in [0.3, 0.4) is 0 Å². The molecule has 0 amide bonds. The number of nitrogens with zero attached hydrogens (tertiary/aromatic N) is 2. The fraction of sp³-hybridized carbons (Fsp3) is 0.0244. The van der Waals surface area contributed by atoms with Crippen molar-refractivity contribution in [2.45, 2.75) is 0 Å². The predicted molar refractivity (Wildman–Crippen MR) is 183 cm³/mol. The minimum Gasteiger partial charge on any atom is -0.343 e. The zero-order valence-corrected chi connectivity index (χ0v) is 24.0. The molecular formula is C41H30N2. The lowest BCUT2D eigenvalue weighted by Crippen LogP contribution is -2.09. The molecule has 0 saturated heterocycles. The first-order valence-electron chi connectivity index (χ1n) is 14.8. The van der Waals surface area contributed by atoms with E-state index in [0.29, 0.717) is 0 Å². The van der Waals surface area contributed by atoms with Crippen LogP contribution < -0.4 is 4.90 Å². The maximum Gasteiger partial charge on any atom is 0.0568 e. The van der Waals surface area contributed by atoms with Crippen molar-refractivity contribution >= 4 is 49.6 Å². The van der Waals surface area contributed by atoms with Crippen LogP contribution in [0.5, 0.6) is 0 Å².